The van der Waals surface area contributed by atoms with Crippen LogP contribution in [0.2, 0.25) is 0 Å². The van der Waals surface area contributed by atoms with E-state index in [-0.39, 0.29) is 8.41 Å². The van der Waals surface area contributed by atoms with Crippen LogP contribution in [0.1, 0.15) is 5.56 Å². The van der Waals surface area contributed by atoms with Gasteiger partial charge in [0.25, 0.3) is 0 Å². The van der Waals surface area contributed by atoms with Gasteiger partial charge in [-0.25, -0.2) is 0 Å². The maximum atomic E-state index is 10.4. The van der Waals surface area contributed by atoms with Gasteiger partial charge < -0.3 is 10.8 Å². The molecule has 1 rings (SSSR count). The minimum absolute atomic E-state index is 0. The topological polar surface area (TPSA) is 63.3 Å². The van der Waals surface area contributed by atoms with E-state index >= 15 is 0 Å². The number of aliphatic carboxylic acids is 1. The number of carboxylic acids is 1. The van der Waals surface area contributed by atoms with E-state index < -0.39 is 12.0 Å². The molecule has 0 amide bonds. The van der Waals surface area contributed by atoms with Gasteiger partial charge in [0.2, 0.25) is 0 Å². The summed E-state index contributed by atoms with van der Waals surface area (Å²) < 4.78 is 0. The Morgan fingerprint density at radius 2 is 1.92 bits per heavy atom. The van der Waals surface area contributed by atoms with E-state index in [4.69, 9.17) is 10.8 Å². The summed E-state index contributed by atoms with van der Waals surface area (Å²) in [7, 11) is 0. The Morgan fingerprint density at radius 3 is 2.38 bits per heavy atom. The van der Waals surface area contributed by atoms with E-state index in [2.05, 4.69) is 0 Å². The van der Waals surface area contributed by atoms with E-state index in [0.29, 0.717) is 6.42 Å². The lowest BCUT2D eigenvalue weighted by Gasteiger charge is -2.04. The monoisotopic (exact) mass is 176 g/mol. The zero-order chi connectivity index (χ0) is 8.97. The maximum Gasteiger partial charge on any atom is 0.320 e. The highest BCUT2D eigenvalue weighted by Crippen LogP contribution is 2.01. The molecule has 3 radical (unpaired) electrons. The lowest BCUT2D eigenvalue weighted by atomic mass is 10.1. The first kappa shape index (κ1) is 11.7. The molecule has 3 N–H and O–H groups in total. The molecule has 0 heterocycles. The van der Waals surface area contributed by atoms with Crippen LogP contribution in [-0.2, 0) is 11.2 Å². The molecule has 0 aromatic heterocycles. The summed E-state index contributed by atoms with van der Waals surface area (Å²) >= 11 is 0. The van der Waals surface area contributed by atoms with Gasteiger partial charge in [-0.2, -0.15) is 0 Å². The fourth-order valence-electron chi connectivity index (χ4n) is 0.955. The number of hydrogen-bond acceptors (Lipinski definition) is 2. The lowest BCUT2D eigenvalue weighted by molar-refractivity contribution is -0.138. The smallest absolute Gasteiger partial charge is 0.320 e. The third-order valence-corrected chi connectivity index (χ3v) is 1.62. The average Bonchev–Trinajstić information content (AvgIpc) is 2.06. The van der Waals surface area contributed by atoms with E-state index in [1.165, 1.54) is 0 Å². The molecule has 1 aromatic carbocycles. The summed E-state index contributed by atoms with van der Waals surface area (Å²) in [6, 6.07) is 8.54. The normalized spacial score (nSPS) is 11.5. The van der Waals surface area contributed by atoms with Crippen LogP contribution < -0.4 is 5.73 Å². The first-order chi connectivity index (χ1) is 5.70. The fraction of sp³-hybridized carbons (Fsp3) is 0.222. The van der Waals surface area contributed by atoms with E-state index in [0.717, 1.165) is 5.56 Å². The summed E-state index contributed by atoms with van der Waals surface area (Å²) in [6.07, 6.45) is 0.385. The van der Waals surface area contributed by atoms with Crippen molar-refractivity contribution < 1.29 is 9.90 Å². The lowest BCUT2D eigenvalue weighted by Crippen LogP contribution is -2.32. The van der Waals surface area contributed by atoms with Gasteiger partial charge in [0.15, 0.2) is 0 Å². The Labute approximate surface area is 79.1 Å². The number of nitrogens with two attached hydrogens (primary N) is 1. The molecule has 0 bridgehead atoms. The van der Waals surface area contributed by atoms with Crippen molar-refractivity contribution >= 4 is 14.4 Å². The molecular weight excluding hydrogens is 165 g/mol. The third kappa shape index (κ3) is 3.76. The second-order valence-corrected chi connectivity index (χ2v) is 2.63. The van der Waals surface area contributed by atoms with Crippen molar-refractivity contribution in [2.45, 2.75) is 12.5 Å². The Morgan fingerprint density at radius 1 is 1.38 bits per heavy atom. The van der Waals surface area contributed by atoms with Gasteiger partial charge in [-0.15, -0.1) is 0 Å². The standard InChI is InChI=1S/C9H11NO2.B/c10-8(9(11)12)6-7-4-2-1-3-5-7;/h1-5,8H,6,10H2,(H,11,12);/t8-;/m0./s1. The van der Waals surface area contributed by atoms with Crippen molar-refractivity contribution in [3.05, 3.63) is 35.9 Å². The SMILES string of the molecule is N[C@@H](Cc1ccccc1)C(=O)O.[B]. The molecule has 0 spiro atoms. The van der Waals surface area contributed by atoms with Gasteiger partial charge in [0.05, 0.1) is 0 Å². The zero-order valence-electron chi connectivity index (χ0n) is 7.18. The summed E-state index contributed by atoms with van der Waals surface area (Å²) in [4.78, 5) is 10.4. The van der Waals surface area contributed by atoms with E-state index in [1.807, 2.05) is 30.3 Å². The summed E-state index contributed by atoms with van der Waals surface area (Å²) in [5, 5.41) is 8.52. The quantitative estimate of drug-likeness (QED) is 0.649. The van der Waals surface area contributed by atoms with Crippen molar-refractivity contribution in [1.29, 1.82) is 0 Å². The molecule has 3 nitrogen and oxygen atoms in total. The van der Waals surface area contributed by atoms with Crippen LogP contribution >= 0.6 is 0 Å². The Kier molecular flexibility index (Phi) is 4.84. The van der Waals surface area contributed by atoms with Crippen molar-refractivity contribution in [3.63, 3.8) is 0 Å². The zero-order valence-corrected chi connectivity index (χ0v) is 7.18. The highest BCUT2D eigenvalue weighted by molar-refractivity contribution is 5.75. The molecule has 1 atom stereocenters. The molecule has 13 heavy (non-hydrogen) atoms. The van der Waals surface area contributed by atoms with Crippen LogP contribution in [0, 0.1) is 0 Å². The van der Waals surface area contributed by atoms with Crippen LogP contribution in [0.25, 0.3) is 0 Å². The second kappa shape index (κ2) is 5.38. The molecular formula is C9H11BNO2. The van der Waals surface area contributed by atoms with Crippen LogP contribution in [0.15, 0.2) is 30.3 Å². The average molecular weight is 176 g/mol. The first-order valence-electron chi connectivity index (χ1n) is 3.72. The molecule has 0 unspecified atom stereocenters. The summed E-state index contributed by atoms with van der Waals surface area (Å²) in [6.45, 7) is 0. The molecule has 0 aliphatic heterocycles. The number of hydrogen-bond donors (Lipinski definition) is 2. The Hall–Kier alpha value is -1.29. The van der Waals surface area contributed by atoms with E-state index in [1.54, 1.807) is 0 Å². The highest BCUT2D eigenvalue weighted by Gasteiger charge is 2.10. The van der Waals surface area contributed by atoms with Crippen LogP contribution in [0.4, 0.5) is 0 Å². The largest absolute Gasteiger partial charge is 0.480 e. The van der Waals surface area contributed by atoms with Crippen molar-refractivity contribution in [1.82, 2.24) is 0 Å². The van der Waals surface area contributed by atoms with Crippen molar-refractivity contribution in [3.8, 4) is 0 Å². The second-order valence-electron chi connectivity index (χ2n) is 2.63. The Balaban J connectivity index is 0.00000144. The number of benzene rings is 1. The predicted molar refractivity (Wildman–Crippen MR) is 51.5 cm³/mol. The van der Waals surface area contributed by atoms with E-state index in [9.17, 15) is 4.79 Å². The molecule has 67 valence electrons. The molecule has 0 saturated carbocycles. The van der Waals surface area contributed by atoms with Gasteiger partial charge in [0, 0.05) is 8.41 Å². The number of rotatable bonds is 3. The molecule has 4 heteroatoms. The van der Waals surface area contributed by atoms with Gasteiger partial charge in [-0.3, -0.25) is 4.79 Å². The number of carbonyl (C=O) groups is 1. The maximum absolute atomic E-state index is 10.4. The van der Waals surface area contributed by atoms with Crippen molar-refractivity contribution in [2.75, 3.05) is 0 Å². The Bertz CT molecular complexity index is 264. The van der Waals surface area contributed by atoms with Gasteiger partial charge >= 0.3 is 5.97 Å². The van der Waals surface area contributed by atoms with Crippen LogP contribution in [0.5, 0.6) is 0 Å². The first-order valence-corrected chi connectivity index (χ1v) is 3.72. The minimum Gasteiger partial charge on any atom is -0.480 e. The predicted octanol–water partition coefficient (Wildman–Crippen LogP) is 0.260. The van der Waals surface area contributed by atoms with Crippen molar-refractivity contribution in [2.24, 2.45) is 5.73 Å². The molecule has 0 aliphatic carbocycles. The molecule has 1 aromatic rings. The van der Waals surface area contributed by atoms with Gasteiger partial charge in [0.1, 0.15) is 6.04 Å². The summed E-state index contributed by atoms with van der Waals surface area (Å²) in [5.41, 5.74) is 6.30. The molecule has 0 saturated heterocycles. The minimum atomic E-state index is -0.959. The van der Waals surface area contributed by atoms with Crippen LogP contribution in [-0.4, -0.2) is 25.5 Å². The summed E-state index contributed by atoms with van der Waals surface area (Å²) in [5.74, 6) is -0.959. The molecule has 0 aliphatic rings. The van der Waals surface area contributed by atoms with Gasteiger partial charge in [-0.05, 0) is 12.0 Å². The van der Waals surface area contributed by atoms with Crippen LogP contribution in [0.3, 0.4) is 0 Å². The highest BCUT2D eigenvalue weighted by atomic mass is 16.4. The number of carboxylic acid groups (broad SMARTS) is 1. The fourth-order valence-corrected chi connectivity index (χ4v) is 0.955. The van der Waals surface area contributed by atoms with Gasteiger partial charge in [-0.1, -0.05) is 30.3 Å². The third-order valence-electron chi connectivity index (χ3n) is 1.62. The molecule has 0 fully saturated rings.